The lowest BCUT2D eigenvalue weighted by atomic mass is 10.0. The molecular weight excluding hydrogens is 278 g/mol. The topological polar surface area (TPSA) is 79.0 Å². The minimum absolute atomic E-state index is 0.0893. The van der Waals surface area contributed by atoms with E-state index >= 15 is 0 Å². The molecule has 0 aromatic heterocycles. The molecule has 5 nitrogen and oxygen atoms in total. The van der Waals surface area contributed by atoms with Gasteiger partial charge < -0.3 is 5.32 Å². The van der Waals surface area contributed by atoms with Crippen LogP contribution in [0.15, 0.2) is 42.5 Å². The van der Waals surface area contributed by atoms with Crippen molar-refractivity contribution in [2.24, 2.45) is 0 Å². The van der Waals surface area contributed by atoms with Crippen molar-refractivity contribution in [3.05, 3.63) is 74.8 Å². The molecule has 0 saturated heterocycles. The van der Waals surface area contributed by atoms with Gasteiger partial charge in [-0.25, -0.2) is 0 Å². The van der Waals surface area contributed by atoms with Crippen LogP contribution in [0, 0.1) is 28.4 Å². The third-order valence-corrected chi connectivity index (χ3v) is 3.75. The molecule has 0 spiro atoms. The smallest absolute Gasteiger partial charge is 0.272 e. The van der Waals surface area contributed by atoms with Crippen molar-refractivity contribution >= 4 is 5.69 Å². The molecular formula is C17H17N3O2. The molecule has 0 aliphatic heterocycles. The number of nitrogens with zero attached hydrogens (tertiary/aromatic N) is 2. The summed E-state index contributed by atoms with van der Waals surface area (Å²) < 4.78 is 0. The molecule has 0 heterocycles. The van der Waals surface area contributed by atoms with Crippen LogP contribution in [0.25, 0.3) is 0 Å². The quantitative estimate of drug-likeness (QED) is 0.675. The maximum Gasteiger partial charge on any atom is 0.272 e. The molecule has 22 heavy (non-hydrogen) atoms. The van der Waals surface area contributed by atoms with Crippen molar-refractivity contribution in [2.75, 3.05) is 0 Å². The first kappa shape index (κ1) is 15.7. The minimum Gasteiger partial charge on any atom is -0.306 e. The molecule has 2 rings (SSSR count). The SMILES string of the molecule is Cc1c(CNC(C)c2ccc(C#N)cc2)cccc1[N+](=O)[O-]. The highest BCUT2D eigenvalue weighted by atomic mass is 16.6. The summed E-state index contributed by atoms with van der Waals surface area (Å²) >= 11 is 0. The van der Waals surface area contributed by atoms with Gasteiger partial charge in [0.05, 0.1) is 16.6 Å². The fourth-order valence-corrected chi connectivity index (χ4v) is 2.29. The van der Waals surface area contributed by atoms with E-state index in [1.165, 1.54) is 6.07 Å². The first-order valence-corrected chi connectivity index (χ1v) is 6.99. The van der Waals surface area contributed by atoms with Crippen molar-refractivity contribution in [3.63, 3.8) is 0 Å². The average Bonchev–Trinajstić information content (AvgIpc) is 2.53. The molecule has 2 aromatic carbocycles. The van der Waals surface area contributed by atoms with Crippen LogP contribution >= 0.6 is 0 Å². The number of nitro benzene ring substituents is 1. The summed E-state index contributed by atoms with van der Waals surface area (Å²) in [5.74, 6) is 0. The van der Waals surface area contributed by atoms with Crippen LogP contribution in [0.1, 0.15) is 35.2 Å². The number of nitriles is 1. The van der Waals surface area contributed by atoms with Gasteiger partial charge in [-0.3, -0.25) is 10.1 Å². The Labute approximate surface area is 129 Å². The Morgan fingerprint density at radius 3 is 2.55 bits per heavy atom. The number of hydrogen-bond acceptors (Lipinski definition) is 4. The molecule has 0 aliphatic rings. The molecule has 1 atom stereocenters. The second kappa shape index (κ2) is 6.83. The summed E-state index contributed by atoms with van der Waals surface area (Å²) in [7, 11) is 0. The van der Waals surface area contributed by atoms with Crippen molar-refractivity contribution in [1.29, 1.82) is 5.26 Å². The van der Waals surface area contributed by atoms with Crippen molar-refractivity contribution < 1.29 is 4.92 Å². The first-order chi connectivity index (χ1) is 10.5. The average molecular weight is 295 g/mol. The van der Waals surface area contributed by atoms with Crippen LogP contribution in [0.5, 0.6) is 0 Å². The van der Waals surface area contributed by atoms with Gasteiger partial charge in [-0.1, -0.05) is 24.3 Å². The van der Waals surface area contributed by atoms with Gasteiger partial charge in [-0.2, -0.15) is 5.26 Å². The summed E-state index contributed by atoms with van der Waals surface area (Å²) in [6.07, 6.45) is 0. The molecule has 5 heteroatoms. The fourth-order valence-electron chi connectivity index (χ4n) is 2.29. The molecule has 1 N–H and O–H groups in total. The Balaban J connectivity index is 2.08. The van der Waals surface area contributed by atoms with Crippen LogP contribution in [0.2, 0.25) is 0 Å². The lowest BCUT2D eigenvalue weighted by molar-refractivity contribution is -0.385. The van der Waals surface area contributed by atoms with E-state index in [0.717, 1.165) is 11.1 Å². The van der Waals surface area contributed by atoms with E-state index < -0.39 is 0 Å². The highest BCUT2D eigenvalue weighted by Crippen LogP contribution is 2.22. The predicted molar refractivity (Wildman–Crippen MR) is 84.2 cm³/mol. The first-order valence-electron chi connectivity index (χ1n) is 6.99. The number of rotatable bonds is 5. The molecule has 0 aliphatic carbocycles. The minimum atomic E-state index is -0.358. The summed E-state index contributed by atoms with van der Waals surface area (Å²) in [4.78, 5) is 10.6. The van der Waals surface area contributed by atoms with E-state index in [2.05, 4.69) is 11.4 Å². The van der Waals surface area contributed by atoms with E-state index in [-0.39, 0.29) is 16.7 Å². The standard InChI is InChI=1S/C17H17N3O2/c1-12-16(4-3-5-17(12)20(21)22)11-19-13(2)15-8-6-14(10-18)7-9-15/h3-9,13,19H,11H2,1-2H3. The molecule has 0 fully saturated rings. The summed E-state index contributed by atoms with van der Waals surface area (Å²) in [5, 5.41) is 23.1. The van der Waals surface area contributed by atoms with Crippen LogP contribution in [0.3, 0.4) is 0 Å². The maximum absolute atomic E-state index is 11.0. The third-order valence-electron chi connectivity index (χ3n) is 3.75. The second-order valence-electron chi connectivity index (χ2n) is 5.15. The lowest BCUT2D eigenvalue weighted by Crippen LogP contribution is -2.18. The molecule has 0 saturated carbocycles. The van der Waals surface area contributed by atoms with Gasteiger partial charge in [0, 0.05) is 24.2 Å². The van der Waals surface area contributed by atoms with Crippen molar-refractivity contribution in [1.82, 2.24) is 5.32 Å². The van der Waals surface area contributed by atoms with Crippen molar-refractivity contribution in [2.45, 2.75) is 26.4 Å². The van der Waals surface area contributed by atoms with Gasteiger partial charge >= 0.3 is 0 Å². The molecule has 0 amide bonds. The zero-order valence-electron chi connectivity index (χ0n) is 12.5. The Hall–Kier alpha value is -2.71. The van der Waals surface area contributed by atoms with Gasteiger partial charge in [0.2, 0.25) is 0 Å². The largest absolute Gasteiger partial charge is 0.306 e. The number of hydrogen-bond donors (Lipinski definition) is 1. The van der Waals surface area contributed by atoms with E-state index in [1.807, 2.05) is 25.1 Å². The van der Waals surface area contributed by atoms with Gasteiger partial charge in [-0.15, -0.1) is 0 Å². The Bertz CT molecular complexity index is 718. The van der Waals surface area contributed by atoms with Crippen LogP contribution in [-0.2, 0) is 6.54 Å². The normalized spacial score (nSPS) is 11.7. The maximum atomic E-state index is 11.0. The monoisotopic (exact) mass is 295 g/mol. The van der Waals surface area contributed by atoms with Gasteiger partial charge in [0.15, 0.2) is 0 Å². The summed E-state index contributed by atoms with van der Waals surface area (Å²) in [6, 6.07) is 14.7. The third kappa shape index (κ3) is 3.48. The zero-order chi connectivity index (χ0) is 16.1. The van der Waals surface area contributed by atoms with Crippen LogP contribution in [-0.4, -0.2) is 4.92 Å². The number of nitrogens with one attached hydrogen (secondary N) is 1. The Morgan fingerprint density at radius 2 is 1.95 bits per heavy atom. The number of nitro groups is 1. The second-order valence-corrected chi connectivity index (χ2v) is 5.15. The molecule has 112 valence electrons. The van der Waals surface area contributed by atoms with Gasteiger partial charge in [0.1, 0.15) is 0 Å². The van der Waals surface area contributed by atoms with E-state index in [4.69, 9.17) is 5.26 Å². The lowest BCUT2D eigenvalue weighted by Gasteiger charge is -2.15. The Kier molecular flexibility index (Phi) is 4.87. The summed E-state index contributed by atoms with van der Waals surface area (Å²) in [6.45, 7) is 4.34. The van der Waals surface area contributed by atoms with Crippen LogP contribution < -0.4 is 5.32 Å². The fraction of sp³-hybridized carbons (Fsp3) is 0.235. The van der Waals surface area contributed by atoms with Gasteiger partial charge in [-0.05, 0) is 37.1 Å². The highest BCUT2D eigenvalue weighted by Gasteiger charge is 2.13. The van der Waals surface area contributed by atoms with E-state index in [9.17, 15) is 10.1 Å². The zero-order valence-corrected chi connectivity index (χ0v) is 12.5. The molecule has 1 unspecified atom stereocenters. The summed E-state index contributed by atoms with van der Waals surface area (Å²) in [5.41, 5.74) is 3.44. The molecule has 2 aromatic rings. The Morgan fingerprint density at radius 1 is 1.27 bits per heavy atom. The number of benzene rings is 2. The van der Waals surface area contributed by atoms with E-state index in [1.54, 1.807) is 25.1 Å². The molecule has 0 bridgehead atoms. The van der Waals surface area contributed by atoms with Crippen LogP contribution in [0.4, 0.5) is 5.69 Å². The highest BCUT2D eigenvalue weighted by molar-refractivity contribution is 5.44. The van der Waals surface area contributed by atoms with E-state index in [0.29, 0.717) is 17.7 Å². The van der Waals surface area contributed by atoms with Crippen molar-refractivity contribution in [3.8, 4) is 6.07 Å². The predicted octanol–water partition coefficient (Wildman–Crippen LogP) is 3.63. The van der Waals surface area contributed by atoms with Gasteiger partial charge in [0.25, 0.3) is 5.69 Å². The molecule has 0 radical (unpaired) electrons.